The molecule has 6 rings (SSSR count). The topological polar surface area (TPSA) is 130 Å². The van der Waals surface area contributed by atoms with Crippen LogP contribution in [0.2, 0.25) is 0 Å². The van der Waals surface area contributed by atoms with Crippen LogP contribution in [-0.2, 0) is 15.6 Å². The molecule has 0 amide bonds. The third kappa shape index (κ3) is 2.45. The summed E-state index contributed by atoms with van der Waals surface area (Å²) in [6.45, 7) is 2.21. The Morgan fingerprint density at radius 3 is 1.67 bits per heavy atom. The molecule has 0 aliphatic heterocycles. The van der Waals surface area contributed by atoms with Crippen molar-refractivity contribution in [2.45, 2.75) is 56.3 Å². The summed E-state index contributed by atoms with van der Waals surface area (Å²) in [5, 5.41) is 30.3. The van der Waals surface area contributed by atoms with Gasteiger partial charge in [-0.2, -0.15) is 0 Å². The van der Waals surface area contributed by atoms with Crippen LogP contribution < -0.4 is 11.5 Å². The average molecular weight is 408 g/mol. The molecule has 158 valence electrons. The highest BCUT2D eigenvalue weighted by Crippen LogP contribution is 2.74. The molecule has 4 fully saturated rings. The van der Waals surface area contributed by atoms with Gasteiger partial charge in [0.1, 0.15) is 11.5 Å². The van der Waals surface area contributed by atoms with Crippen LogP contribution in [-0.4, -0.2) is 21.3 Å². The van der Waals surface area contributed by atoms with Crippen molar-refractivity contribution < 1.29 is 20.1 Å². The Bertz CT molecular complexity index is 1010. The van der Waals surface area contributed by atoms with E-state index in [0.29, 0.717) is 30.6 Å². The fourth-order valence-corrected chi connectivity index (χ4v) is 7.75. The summed E-state index contributed by atoms with van der Waals surface area (Å²) in [5.74, 6) is -0.646. The van der Waals surface area contributed by atoms with Crippen LogP contribution in [0.1, 0.15) is 56.6 Å². The smallest absolute Gasteiger partial charge is 0.309 e. The van der Waals surface area contributed by atoms with Gasteiger partial charge in [0.2, 0.25) is 0 Å². The first-order valence-corrected chi connectivity index (χ1v) is 10.4. The molecule has 30 heavy (non-hydrogen) atoms. The van der Waals surface area contributed by atoms with E-state index in [1.807, 2.05) is 24.3 Å². The SMILES string of the molecule is CC12CC3(C(=O)O)CC(c4ccc(O)c(N)c4)(C1)CC(c1ccc(O)c(N)c1)(C2)C3. The highest BCUT2D eigenvalue weighted by Gasteiger charge is 2.69. The number of carboxylic acids is 1. The first-order valence-electron chi connectivity index (χ1n) is 10.4. The maximum atomic E-state index is 12.7. The zero-order chi connectivity index (χ0) is 21.5. The van der Waals surface area contributed by atoms with Gasteiger partial charge in [0.25, 0.3) is 0 Å². The van der Waals surface area contributed by atoms with E-state index < -0.39 is 11.4 Å². The summed E-state index contributed by atoms with van der Waals surface area (Å²) in [5.41, 5.74) is 13.1. The molecule has 2 atom stereocenters. The highest BCUT2D eigenvalue weighted by atomic mass is 16.4. The first-order chi connectivity index (χ1) is 14.0. The van der Waals surface area contributed by atoms with Crippen LogP contribution in [0, 0.1) is 10.8 Å². The minimum absolute atomic E-state index is 0.0451. The van der Waals surface area contributed by atoms with Crippen molar-refractivity contribution in [3.05, 3.63) is 47.5 Å². The molecule has 6 nitrogen and oxygen atoms in total. The molecule has 7 N–H and O–H groups in total. The number of nitrogens with two attached hydrogens (primary N) is 2. The third-order valence-corrected chi connectivity index (χ3v) is 8.06. The Morgan fingerprint density at radius 1 is 0.800 bits per heavy atom. The summed E-state index contributed by atoms with van der Waals surface area (Å²) in [4.78, 5) is 12.7. The van der Waals surface area contributed by atoms with Gasteiger partial charge in [0, 0.05) is 0 Å². The van der Waals surface area contributed by atoms with Gasteiger partial charge < -0.3 is 26.8 Å². The second-order valence-electron chi connectivity index (χ2n) is 10.6. The molecule has 2 aromatic carbocycles. The van der Waals surface area contributed by atoms with Gasteiger partial charge >= 0.3 is 5.97 Å². The number of phenolic OH excluding ortho intramolecular Hbond substituents is 2. The second-order valence-corrected chi connectivity index (χ2v) is 10.6. The molecule has 0 saturated heterocycles. The van der Waals surface area contributed by atoms with E-state index in [2.05, 4.69) is 6.92 Å². The van der Waals surface area contributed by atoms with Crippen molar-refractivity contribution in [2.24, 2.45) is 10.8 Å². The zero-order valence-electron chi connectivity index (χ0n) is 17.1. The summed E-state index contributed by atoms with van der Waals surface area (Å²) < 4.78 is 0. The number of rotatable bonds is 3. The number of phenols is 2. The summed E-state index contributed by atoms with van der Waals surface area (Å²) in [7, 11) is 0. The van der Waals surface area contributed by atoms with Crippen LogP contribution in [0.4, 0.5) is 11.4 Å². The maximum Gasteiger partial charge on any atom is 0.309 e. The van der Waals surface area contributed by atoms with Gasteiger partial charge in [-0.1, -0.05) is 19.1 Å². The Morgan fingerprint density at radius 2 is 1.27 bits per heavy atom. The van der Waals surface area contributed by atoms with E-state index in [9.17, 15) is 20.1 Å². The van der Waals surface area contributed by atoms with Crippen molar-refractivity contribution in [3.63, 3.8) is 0 Å². The molecule has 0 aromatic heterocycles. The Balaban J connectivity index is 1.73. The van der Waals surface area contributed by atoms with Gasteiger partial charge in [-0.25, -0.2) is 0 Å². The lowest BCUT2D eigenvalue weighted by Crippen LogP contribution is -2.65. The standard InChI is InChI=1S/C24H28N2O4/c1-21-8-22(14-2-4-18(27)16(25)6-14)11-23(9-21,13-24(10-21,12-22)20(29)30)15-3-5-19(28)17(26)7-15/h2-7,27-28H,8-13,25-26H2,1H3,(H,29,30). The molecular formula is C24H28N2O4. The molecule has 4 aliphatic carbocycles. The number of carbonyl (C=O) groups is 1. The molecule has 0 radical (unpaired) electrons. The van der Waals surface area contributed by atoms with Gasteiger partial charge in [-0.05, 0) is 90.2 Å². The normalized spacial score (nSPS) is 36.7. The summed E-state index contributed by atoms with van der Waals surface area (Å²) in [6.07, 6.45) is 4.41. The third-order valence-electron chi connectivity index (χ3n) is 8.06. The van der Waals surface area contributed by atoms with Crippen LogP contribution in [0.3, 0.4) is 0 Å². The Labute approximate surface area is 175 Å². The van der Waals surface area contributed by atoms with Gasteiger partial charge in [0.15, 0.2) is 0 Å². The molecule has 0 heterocycles. The predicted octanol–water partition coefficient (Wildman–Crippen LogP) is 3.90. The fraction of sp³-hybridized carbons (Fsp3) is 0.458. The highest BCUT2D eigenvalue weighted by molar-refractivity contribution is 5.77. The van der Waals surface area contributed by atoms with Crippen LogP contribution >= 0.6 is 0 Å². The van der Waals surface area contributed by atoms with E-state index >= 15 is 0 Å². The fourth-order valence-electron chi connectivity index (χ4n) is 7.75. The molecule has 4 aliphatic rings. The number of hydrogen-bond donors (Lipinski definition) is 5. The first kappa shape index (κ1) is 19.1. The maximum absolute atomic E-state index is 12.7. The minimum Gasteiger partial charge on any atom is -0.506 e. The van der Waals surface area contributed by atoms with E-state index in [4.69, 9.17) is 11.5 Å². The monoisotopic (exact) mass is 408 g/mol. The van der Waals surface area contributed by atoms with Crippen LogP contribution in [0.5, 0.6) is 11.5 Å². The molecular weight excluding hydrogens is 380 g/mol. The summed E-state index contributed by atoms with van der Waals surface area (Å²) in [6, 6.07) is 10.7. The molecule has 4 saturated carbocycles. The van der Waals surface area contributed by atoms with E-state index in [0.717, 1.165) is 30.4 Å². The van der Waals surface area contributed by atoms with Crippen molar-refractivity contribution in [1.29, 1.82) is 0 Å². The molecule has 4 bridgehead atoms. The number of nitrogen functional groups attached to an aromatic ring is 2. The van der Waals surface area contributed by atoms with Crippen molar-refractivity contribution in [1.82, 2.24) is 0 Å². The van der Waals surface area contributed by atoms with Crippen molar-refractivity contribution in [3.8, 4) is 11.5 Å². The Hall–Kier alpha value is -2.89. The quantitative estimate of drug-likeness (QED) is 0.387. The minimum atomic E-state index is -0.817. The number of hydrogen-bond acceptors (Lipinski definition) is 5. The van der Waals surface area contributed by atoms with E-state index in [-0.39, 0.29) is 27.7 Å². The average Bonchev–Trinajstić information content (AvgIpc) is 2.64. The molecule has 6 heteroatoms. The number of anilines is 2. The number of aromatic hydroxyl groups is 2. The predicted molar refractivity (Wildman–Crippen MR) is 114 cm³/mol. The summed E-state index contributed by atoms with van der Waals surface area (Å²) >= 11 is 0. The Kier molecular flexibility index (Phi) is 3.58. The second kappa shape index (κ2) is 5.62. The van der Waals surface area contributed by atoms with E-state index in [1.165, 1.54) is 0 Å². The largest absolute Gasteiger partial charge is 0.506 e. The lowest BCUT2D eigenvalue weighted by atomic mass is 9.34. The zero-order valence-corrected chi connectivity index (χ0v) is 17.1. The number of carboxylic acid groups (broad SMARTS) is 1. The number of aliphatic carboxylic acids is 1. The molecule has 2 aromatic rings. The molecule has 2 unspecified atom stereocenters. The van der Waals surface area contributed by atoms with Crippen LogP contribution in [0.25, 0.3) is 0 Å². The van der Waals surface area contributed by atoms with Crippen molar-refractivity contribution in [2.75, 3.05) is 11.5 Å². The lowest BCUT2D eigenvalue weighted by molar-refractivity contribution is -0.181. The van der Waals surface area contributed by atoms with Gasteiger partial charge in [-0.3, -0.25) is 4.79 Å². The van der Waals surface area contributed by atoms with Crippen LogP contribution in [0.15, 0.2) is 36.4 Å². The molecule has 0 spiro atoms. The number of benzene rings is 2. The van der Waals surface area contributed by atoms with Crippen molar-refractivity contribution >= 4 is 17.3 Å². The van der Waals surface area contributed by atoms with Gasteiger partial charge in [0.05, 0.1) is 16.8 Å². The lowest BCUT2D eigenvalue weighted by Gasteiger charge is -2.69. The van der Waals surface area contributed by atoms with E-state index in [1.54, 1.807) is 12.1 Å². The van der Waals surface area contributed by atoms with Gasteiger partial charge in [-0.15, -0.1) is 0 Å².